The molecule has 0 spiro atoms. The van der Waals surface area contributed by atoms with Crippen LogP contribution in [0.25, 0.3) is 0 Å². The standard InChI is InChI=1S/C15H29N2/c1-4-7-9-10-15-16(11-6-3)13-14-17(15)12-8-5-2/h13-14H,4-12H2,1-3H3/q+1. The zero-order valence-corrected chi connectivity index (χ0v) is 11.9. The van der Waals surface area contributed by atoms with Crippen LogP contribution in [0.1, 0.15) is 65.1 Å². The van der Waals surface area contributed by atoms with Crippen molar-refractivity contribution < 1.29 is 4.57 Å². The van der Waals surface area contributed by atoms with Crippen molar-refractivity contribution in [3.8, 4) is 0 Å². The minimum absolute atomic E-state index is 1.17. The van der Waals surface area contributed by atoms with E-state index in [0.717, 1.165) is 0 Å². The van der Waals surface area contributed by atoms with Crippen LogP contribution >= 0.6 is 0 Å². The van der Waals surface area contributed by atoms with Crippen molar-refractivity contribution >= 4 is 0 Å². The average molecular weight is 237 g/mol. The lowest BCUT2D eigenvalue weighted by Crippen LogP contribution is -2.37. The van der Waals surface area contributed by atoms with Crippen molar-refractivity contribution in [1.82, 2.24) is 4.57 Å². The number of aromatic nitrogens is 2. The van der Waals surface area contributed by atoms with Crippen LogP contribution in [0.4, 0.5) is 0 Å². The molecule has 0 atom stereocenters. The minimum atomic E-state index is 1.17. The second-order valence-electron chi connectivity index (χ2n) is 4.91. The molecule has 1 aromatic heterocycles. The Morgan fingerprint density at radius 2 is 1.76 bits per heavy atom. The van der Waals surface area contributed by atoms with Gasteiger partial charge in [0, 0.05) is 6.42 Å². The summed E-state index contributed by atoms with van der Waals surface area (Å²) in [5.74, 6) is 1.54. The predicted molar refractivity (Wildman–Crippen MR) is 73.1 cm³/mol. The van der Waals surface area contributed by atoms with Crippen LogP contribution in [0.3, 0.4) is 0 Å². The molecule has 2 nitrogen and oxygen atoms in total. The van der Waals surface area contributed by atoms with E-state index < -0.39 is 0 Å². The van der Waals surface area contributed by atoms with Gasteiger partial charge in [0.2, 0.25) is 0 Å². The second kappa shape index (κ2) is 8.32. The lowest BCUT2D eigenvalue weighted by molar-refractivity contribution is -0.703. The highest BCUT2D eigenvalue weighted by molar-refractivity contribution is 4.84. The molecule has 0 bridgehead atoms. The van der Waals surface area contributed by atoms with E-state index in [0.29, 0.717) is 0 Å². The van der Waals surface area contributed by atoms with E-state index in [1.807, 2.05) is 0 Å². The van der Waals surface area contributed by atoms with Gasteiger partial charge in [0.05, 0.1) is 13.1 Å². The molecule has 0 unspecified atom stereocenters. The Labute approximate surface area is 107 Å². The van der Waals surface area contributed by atoms with Crippen molar-refractivity contribution in [2.75, 3.05) is 0 Å². The van der Waals surface area contributed by atoms with Gasteiger partial charge in [-0.15, -0.1) is 0 Å². The van der Waals surface area contributed by atoms with E-state index in [-0.39, 0.29) is 0 Å². The third-order valence-corrected chi connectivity index (χ3v) is 3.31. The first-order chi connectivity index (χ1) is 8.33. The summed E-state index contributed by atoms with van der Waals surface area (Å²) in [6, 6.07) is 0. The Kier molecular flexibility index (Phi) is 6.99. The van der Waals surface area contributed by atoms with Crippen molar-refractivity contribution in [3.63, 3.8) is 0 Å². The maximum atomic E-state index is 2.47. The van der Waals surface area contributed by atoms with E-state index in [2.05, 4.69) is 42.3 Å². The smallest absolute Gasteiger partial charge is 0.234 e. The fourth-order valence-electron chi connectivity index (χ4n) is 2.29. The summed E-state index contributed by atoms with van der Waals surface area (Å²) in [5, 5.41) is 0. The second-order valence-corrected chi connectivity index (χ2v) is 4.91. The van der Waals surface area contributed by atoms with Gasteiger partial charge in [-0.05, 0) is 19.3 Å². The van der Waals surface area contributed by atoms with E-state index in [1.54, 1.807) is 0 Å². The summed E-state index contributed by atoms with van der Waals surface area (Å²) in [4.78, 5) is 0. The van der Waals surface area contributed by atoms with Crippen LogP contribution in [0.2, 0.25) is 0 Å². The summed E-state index contributed by atoms with van der Waals surface area (Å²) in [6.07, 6.45) is 13.6. The molecule has 0 N–H and O–H groups in total. The minimum Gasteiger partial charge on any atom is -0.234 e. The molecule has 0 saturated carbocycles. The molecule has 0 aliphatic rings. The van der Waals surface area contributed by atoms with E-state index in [9.17, 15) is 0 Å². The topological polar surface area (TPSA) is 8.81 Å². The fourth-order valence-corrected chi connectivity index (χ4v) is 2.29. The van der Waals surface area contributed by atoms with Gasteiger partial charge in [0.15, 0.2) is 0 Å². The Bertz CT molecular complexity index is 302. The van der Waals surface area contributed by atoms with Gasteiger partial charge in [-0.3, -0.25) is 0 Å². The van der Waals surface area contributed by atoms with Crippen LogP contribution in [-0.2, 0) is 19.5 Å². The first-order valence-electron chi connectivity index (χ1n) is 7.40. The molecular weight excluding hydrogens is 208 g/mol. The Hall–Kier alpha value is -0.790. The molecule has 0 aromatic carbocycles. The quantitative estimate of drug-likeness (QED) is 0.457. The molecule has 0 aliphatic carbocycles. The van der Waals surface area contributed by atoms with Gasteiger partial charge in [0.25, 0.3) is 5.82 Å². The van der Waals surface area contributed by atoms with E-state index in [4.69, 9.17) is 0 Å². The maximum absolute atomic E-state index is 2.47. The number of rotatable bonds is 9. The summed E-state index contributed by atoms with van der Waals surface area (Å²) >= 11 is 0. The van der Waals surface area contributed by atoms with E-state index in [1.165, 1.54) is 63.9 Å². The summed E-state index contributed by atoms with van der Waals surface area (Å²) in [6.45, 7) is 9.15. The highest BCUT2D eigenvalue weighted by atomic mass is 15.1. The third kappa shape index (κ3) is 4.53. The van der Waals surface area contributed by atoms with Crippen LogP contribution in [0, 0.1) is 0 Å². The molecule has 1 heterocycles. The molecule has 0 amide bonds. The highest BCUT2D eigenvalue weighted by Gasteiger charge is 2.15. The normalized spacial score (nSPS) is 11.0. The van der Waals surface area contributed by atoms with Gasteiger partial charge in [-0.25, -0.2) is 9.13 Å². The molecule has 0 fully saturated rings. The lowest BCUT2D eigenvalue weighted by Gasteiger charge is -2.04. The molecule has 1 rings (SSSR count). The van der Waals surface area contributed by atoms with Crippen LogP contribution in [0.15, 0.2) is 12.4 Å². The molecule has 0 radical (unpaired) electrons. The molecule has 2 heteroatoms. The van der Waals surface area contributed by atoms with Gasteiger partial charge in [-0.2, -0.15) is 0 Å². The fraction of sp³-hybridized carbons (Fsp3) is 0.800. The number of imidazole rings is 1. The Balaban J connectivity index is 2.66. The molecule has 1 aromatic rings. The number of nitrogens with zero attached hydrogens (tertiary/aromatic N) is 2. The van der Waals surface area contributed by atoms with Gasteiger partial charge < -0.3 is 0 Å². The predicted octanol–water partition coefficient (Wildman–Crippen LogP) is 3.72. The molecule has 0 aliphatic heterocycles. The average Bonchev–Trinajstić information content (AvgIpc) is 2.70. The first-order valence-corrected chi connectivity index (χ1v) is 7.40. The lowest BCUT2D eigenvalue weighted by atomic mass is 10.2. The number of hydrogen-bond donors (Lipinski definition) is 0. The number of aryl methyl sites for hydroxylation is 2. The first kappa shape index (κ1) is 14.3. The zero-order chi connectivity index (χ0) is 12.5. The van der Waals surface area contributed by atoms with Crippen molar-refractivity contribution in [3.05, 3.63) is 18.2 Å². The molecular formula is C15H29N2+. The summed E-state index contributed by atoms with van der Waals surface area (Å²) in [7, 11) is 0. The van der Waals surface area contributed by atoms with Gasteiger partial charge in [0.1, 0.15) is 12.4 Å². The summed E-state index contributed by atoms with van der Waals surface area (Å²) in [5.41, 5.74) is 0. The molecule has 17 heavy (non-hydrogen) atoms. The monoisotopic (exact) mass is 237 g/mol. The highest BCUT2D eigenvalue weighted by Crippen LogP contribution is 2.06. The Morgan fingerprint density at radius 1 is 1.00 bits per heavy atom. The molecule has 0 saturated heterocycles. The van der Waals surface area contributed by atoms with Crippen LogP contribution in [-0.4, -0.2) is 4.57 Å². The SMILES string of the molecule is CCCCCc1n(CCCC)cc[n+]1CCC. The van der Waals surface area contributed by atoms with Crippen LogP contribution < -0.4 is 4.57 Å². The van der Waals surface area contributed by atoms with Crippen molar-refractivity contribution in [2.24, 2.45) is 0 Å². The van der Waals surface area contributed by atoms with Crippen molar-refractivity contribution in [1.29, 1.82) is 0 Å². The van der Waals surface area contributed by atoms with Gasteiger partial charge >= 0.3 is 0 Å². The molecule has 98 valence electrons. The zero-order valence-electron chi connectivity index (χ0n) is 11.9. The third-order valence-electron chi connectivity index (χ3n) is 3.31. The van der Waals surface area contributed by atoms with E-state index >= 15 is 0 Å². The number of unbranched alkanes of at least 4 members (excludes halogenated alkanes) is 3. The largest absolute Gasteiger partial charge is 0.256 e. The Morgan fingerprint density at radius 3 is 2.41 bits per heavy atom. The number of hydrogen-bond acceptors (Lipinski definition) is 0. The van der Waals surface area contributed by atoms with Crippen LogP contribution in [0.5, 0.6) is 0 Å². The maximum Gasteiger partial charge on any atom is 0.256 e. The van der Waals surface area contributed by atoms with Crippen molar-refractivity contribution in [2.45, 2.75) is 78.8 Å². The van der Waals surface area contributed by atoms with Gasteiger partial charge in [-0.1, -0.05) is 40.0 Å². The summed E-state index contributed by atoms with van der Waals surface area (Å²) < 4.78 is 4.92.